The van der Waals surface area contributed by atoms with E-state index in [-0.39, 0.29) is 0 Å². The zero-order valence-corrected chi connectivity index (χ0v) is 11.8. The van der Waals surface area contributed by atoms with E-state index >= 15 is 0 Å². The molecule has 2 unspecified atom stereocenters. The van der Waals surface area contributed by atoms with E-state index in [1.165, 1.54) is 42.4 Å². The third-order valence-electron chi connectivity index (χ3n) is 4.94. The number of allylic oxidation sites excluding steroid dienone is 1. The Hall–Kier alpha value is -1.82. The first-order chi connectivity index (χ1) is 9.93. The summed E-state index contributed by atoms with van der Waals surface area (Å²) in [6.45, 7) is 0. The van der Waals surface area contributed by atoms with Crippen molar-refractivity contribution in [3.05, 3.63) is 77.4 Å². The van der Waals surface area contributed by atoms with Gasteiger partial charge in [-0.3, -0.25) is 0 Å². The maximum absolute atomic E-state index is 2.56. The molecule has 2 aliphatic rings. The average molecular weight is 260 g/mol. The zero-order valence-electron chi connectivity index (χ0n) is 11.8. The van der Waals surface area contributed by atoms with Gasteiger partial charge in [-0.15, -0.1) is 0 Å². The molecular weight excluding hydrogens is 240 g/mol. The Labute approximate surface area is 121 Å². The van der Waals surface area contributed by atoms with Gasteiger partial charge in [0.25, 0.3) is 0 Å². The molecule has 1 fully saturated rings. The molecule has 0 nitrogen and oxygen atoms in total. The SMILES string of the molecule is C1=C(c2ccccc2)c2ccccc2C2CCCCC12. The van der Waals surface area contributed by atoms with Crippen LogP contribution in [0.25, 0.3) is 5.57 Å². The summed E-state index contributed by atoms with van der Waals surface area (Å²) in [5.41, 5.74) is 5.86. The van der Waals surface area contributed by atoms with Gasteiger partial charge < -0.3 is 0 Å². The smallest absolute Gasteiger partial charge is 0.00925 e. The lowest BCUT2D eigenvalue weighted by atomic mass is 9.68. The highest BCUT2D eigenvalue weighted by molar-refractivity contribution is 5.83. The van der Waals surface area contributed by atoms with Crippen LogP contribution >= 0.6 is 0 Å². The first-order valence-electron chi connectivity index (χ1n) is 7.80. The van der Waals surface area contributed by atoms with E-state index in [4.69, 9.17) is 0 Å². The minimum Gasteiger partial charge on any atom is -0.0723 e. The molecule has 1 saturated carbocycles. The highest BCUT2D eigenvalue weighted by Gasteiger charge is 2.31. The summed E-state index contributed by atoms with van der Waals surface area (Å²) in [6.07, 6.45) is 8.06. The van der Waals surface area contributed by atoms with Crippen molar-refractivity contribution < 1.29 is 0 Å². The second-order valence-corrected chi connectivity index (χ2v) is 6.09. The molecule has 100 valence electrons. The van der Waals surface area contributed by atoms with Crippen LogP contribution in [0.1, 0.15) is 48.3 Å². The Morgan fingerprint density at radius 3 is 2.40 bits per heavy atom. The van der Waals surface area contributed by atoms with Crippen molar-refractivity contribution in [2.24, 2.45) is 5.92 Å². The van der Waals surface area contributed by atoms with E-state index in [9.17, 15) is 0 Å². The van der Waals surface area contributed by atoms with Gasteiger partial charge in [-0.1, -0.05) is 73.5 Å². The number of benzene rings is 2. The van der Waals surface area contributed by atoms with Crippen molar-refractivity contribution in [1.82, 2.24) is 0 Å². The third-order valence-corrected chi connectivity index (χ3v) is 4.94. The molecule has 2 atom stereocenters. The van der Waals surface area contributed by atoms with Crippen LogP contribution in [0, 0.1) is 5.92 Å². The van der Waals surface area contributed by atoms with Crippen LogP contribution < -0.4 is 0 Å². The Kier molecular flexibility index (Phi) is 2.95. The number of fused-ring (bicyclic) bond motifs is 3. The van der Waals surface area contributed by atoms with Gasteiger partial charge in [0.2, 0.25) is 0 Å². The third kappa shape index (κ3) is 1.91. The van der Waals surface area contributed by atoms with Gasteiger partial charge in [-0.2, -0.15) is 0 Å². The van der Waals surface area contributed by atoms with Crippen LogP contribution in [-0.4, -0.2) is 0 Å². The molecule has 0 aliphatic heterocycles. The van der Waals surface area contributed by atoms with Crippen LogP contribution in [0.15, 0.2) is 60.7 Å². The van der Waals surface area contributed by atoms with Gasteiger partial charge in [-0.05, 0) is 46.9 Å². The summed E-state index contributed by atoms with van der Waals surface area (Å²) in [4.78, 5) is 0. The molecule has 2 aromatic carbocycles. The molecule has 20 heavy (non-hydrogen) atoms. The van der Waals surface area contributed by atoms with E-state index in [1.54, 1.807) is 5.56 Å². The molecule has 0 heteroatoms. The Balaban J connectivity index is 1.88. The minimum atomic E-state index is 0.744. The zero-order chi connectivity index (χ0) is 13.4. The number of hydrogen-bond donors (Lipinski definition) is 0. The molecule has 0 radical (unpaired) electrons. The fraction of sp³-hybridized carbons (Fsp3) is 0.300. The molecule has 4 rings (SSSR count). The highest BCUT2D eigenvalue weighted by atomic mass is 14.4. The van der Waals surface area contributed by atoms with Crippen molar-refractivity contribution in [2.75, 3.05) is 0 Å². The van der Waals surface area contributed by atoms with E-state index < -0.39 is 0 Å². The van der Waals surface area contributed by atoms with Gasteiger partial charge in [-0.25, -0.2) is 0 Å². The maximum atomic E-state index is 2.56. The minimum absolute atomic E-state index is 0.744. The summed E-state index contributed by atoms with van der Waals surface area (Å²) in [5.74, 6) is 1.50. The summed E-state index contributed by atoms with van der Waals surface area (Å²) in [7, 11) is 0. The monoisotopic (exact) mass is 260 g/mol. The van der Waals surface area contributed by atoms with Gasteiger partial charge in [0.15, 0.2) is 0 Å². The highest BCUT2D eigenvalue weighted by Crippen LogP contribution is 2.47. The molecule has 0 aromatic heterocycles. The summed E-state index contributed by atoms with van der Waals surface area (Å²) < 4.78 is 0. The Morgan fingerprint density at radius 1 is 0.750 bits per heavy atom. The van der Waals surface area contributed by atoms with E-state index in [0.29, 0.717) is 0 Å². The molecule has 0 amide bonds. The summed E-state index contributed by atoms with van der Waals surface area (Å²) in [6, 6.07) is 19.9. The quantitative estimate of drug-likeness (QED) is 0.643. The molecular formula is C20H20. The molecule has 0 heterocycles. The lowest BCUT2D eigenvalue weighted by molar-refractivity contribution is 0.359. The number of rotatable bonds is 1. The summed E-state index contributed by atoms with van der Waals surface area (Å²) >= 11 is 0. The predicted octanol–water partition coefficient (Wildman–Crippen LogP) is 5.41. The topological polar surface area (TPSA) is 0 Å². The Morgan fingerprint density at radius 2 is 1.50 bits per heavy atom. The van der Waals surface area contributed by atoms with E-state index in [2.05, 4.69) is 60.7 Å². The molecule has 0 spiro atoms. The summed E-state index contributed by atoms with van der Waals surface area (Å²) in [5, 5.41) is 0. The van der Waals surface area contributed by atoms with Gasteiger partial charge in [0, 0.05) is 0 Å². The van der Waals surface area contributed by atoms with Gasteiger partial charge in [0.05, 0.1) is 0 Å². The van der Waals surface area contributed by atoms with Crippen LogP contribution in [0.2, 0.25) is 0 Å². The molecule has 0 N–H and O–H groups in total. The van der Waals surface area contributed by atoms with E-state index in [1.807, 2.05) is 0 Å². The van der Waals surface area contributed by atoms with E-state index in [0.717, 1.165) is 11.8 Å². The van der Waals surface area contributed by atoms with Crippen LogP contribution in [0.3, 0.4) is 0 Å². The standard InChI is InChI=1S/C20H20/c1-2-8-15(9-3-1)20-14-16-10-4-5-11-17(16)18-12-6-7-13-19(18)20/h1-3,6-9,12-14,16-17H,4-5,10-11H2. The lowest BCUT2D eigenvalue weighted by Gasteiger charge is -2.36. The average Bonchev–Trinajstić information content (AvgIpc) is 2.55. The Bertz CT molecular complexity index is 636. The van der Waals surface area contributed by atoms with Crippen molar-refractivity contribution >= 4 is 5.57 Å². The van der Waals surface area contributed by atoms with Crippen molar-refractivity contribution in [2.45, 2.75) is 31.6 Å². The van der Waals surface area contributed by atoms with Crippen molar-refractivity contribution in [1.29, 1.82) is 0 Å². The largest absolute Gasteiger partial charge is 0.0723 e. The van der Waals surface area contributed by atoms with Crippen LogP contribution in [0.5, 0.6) is 0 Å². The normalized spacial score (nSPS) is 24.5. The van der Waals surface area contributed by atoms with Gasteiger partial charge >= 0.3 is 0 Å². The predicted molar refractivity (Wildman–Crippen MR) is 84.7 cm³/mol. The van der Waals surface area contributed by atoms with Gasteiger partial charge in [0.1, 0.15) is 0 Å². The van der Waals surface area contributed by atoms with Crippen LogP contribution in [-0.2, 0) is 0 Å². The first-order valence-corrected chi connectivity index (χ1v) is 7.80. The second kappa shape index (κ2) is 4.94. The lowest BCUT2D eigenvalue weighted by Crippen LogP contribution is -2.21. The fourth-order valence-electron chi connectivity index (χ4n) is 3.98. The number of hydrogen-bond acceptors (Lipinski definition) is 0. The fourth-order valence-corrected chi connectivity index (χ4v) is 3.98. The second-order valence-electron chi connectivity index (χ2n) is 6.09. The molecule has 0 saturated heterocycles. The first kappa shape index (κ1) is 12.0. The van der Waals surface area contributed by atoms with Crippen LogP contribution in [0.4, 0.5) is 0 Å². The van der Waals surface area contributed by atoms with Crippen molar-refractivity contribution in [3.63, 3.8) is 0 Å². The molecule has 2 aliphatic carbocycles. The van der Waals surface area contributed by atoms with Crippen molar-refractivity contribution in [3.8, 4) is 0 Å². The molecule has 2 aromatic rings. The molecule has 0 bridgehead atoms. The maximum Gasteiger partial charge on any atom is -0.00925 e.